The fourth-order valence-electron chi connectivity index (χ4n) is 2.52. The molecular formula is C21H19NO4S2. The van der Waals surface area contributed by atoms with Gasteiger partial charge in [0.15, 0.2) is 0 Å². The van der Waals surface area contributed by atoms with Gasteiger partial charge in [-0.25, -0.2) is 0 Å². The second-order valence-electron chi connectivity index (χ2n) is 6.26. The van der Waals surface area contributed by atoms with E-state index < -0.39 is 17.1 Å². The number of amides is 2. The van der Waals surface area contributed by atoms with E-state index >= 15 is 0 Å². The Bertz CT molecular complexity index is 925. The van der Waals surface area contributed by atoms with Crippen molar-refractivity contribution in [3.05, 3.63) is 65.1 Å². The molecule has 0 aliphatic carbocycles. The van der Waals surface area contributed by atoms with Crippen molar-refractivity contribution in [2.24, 2.45) is 0 Å². The maximum Gasteiger partial charge on any atom is 0.326 e. The SMILES string of the molecule is CC(C)OC(=O)CN1C(=O)S/C(=C\c2ccccc2Sc2ccccc2)C1=O. The Hall–Kier alpha value is -2.51. The van der Waals surface area contributed by atoms with Crippen LogP contribution in [-0.2, 0) is 14.3 Å². The quantitative estimate of drug-likeness (QED) is 0.499. The van der Waals surface area contributed by atoms with Crippen LogP contribution >= 0.6 is 23.5 Å². The smallest absolute Gasteiger partial charge is 0.326 e. The summed E-state index contributed by atoms with van der Waals surface area (Å²) in [4.78, 5) is 39.9. The Balaban J connectivity index is 1.80. The van der Waals surface area contributed by atoms with Gasteiger partial charge >= 0.3 is 5.97 Å². The summed E-state index contributed by atoms with van der Waals surface area (Å²) in [6, 6.07) is 17.6. The van der Waals surface area contributed by atoms with Gasteiger partial charge in [0.25, 0.3) is 11.1 Å². The van der Waals surface area contributed by atoms with E-state index in [1.54, 1.807) is 31.7 Å². The summed E-state index contributed by atoms with van der Waals surface area (Å²) in [6.45, 7) is 3.06. The summed E-state index contributed by atoms with van der Waals surface area (Å²) in [5.41, 5.74) is 0.839. The Morgan fingerprint density at radius 3 is 2.50 bits per heavy atom. The van der Waals surface area contributed by atoms with Gasteiger partial charge in [0.05, 0.1) is 11.0 Å². The molecule has 0 saturated carbocycles. The first-order valence-electron chi connectivity index (χ1n) is 8.71. The van der Waals surface area contributed by atoms with Gasteiger partial charge in [-0.05, 0) is 55.4 Å². The Morgan fingerprint density at radius 2 is 1.79 bits per heavy atom. The average Bonchev–Trinajstić information content (AvgIpc) is 2.91. The molecule has 1 fully saturated rings. The molecule has 1 saturated heterocycles. The summed E-state index contributed by atoms with van der Waals surface area (Å²) in [7, 11) is 0. The summed E-state index contributed by atoms with van der Waals surface area (Å²) < 4.78 is 5.03. The lowest BCUT2D eigenvalue weighted by molar-refractivity contribution is -0.149. The van der Waals surface area contributed by atoms with Crippen LogP contribution in [-0.4, -0.2) is 34.7 Å². The molecule has 0 aromatic heterocycles. The van der Waals surface area contributed by atoms with E-state index in [1.807, 2.05) is 54.6 Å². The average molecular weight is 414 g/mol. The standard InChI is InChI=1S/C21H19NO4S2/c1-14(2)26-19(23)13-22-20(24)18(28-21(22)25)12-15-8-6-7-11-17(15)27-16-9-4-3-5-10-16/h3-12,14H,13H2,1-2H3/b18-12-. The highest BCUT2D eigenvalue weighted by Gasteiger charge is 2.36. The van der Waals surface area contributed by atoms with Crippen molar-refractivity contribution < 1.29 is 19.1 Å². The number of rotatable bonds is 6. The van der Waals surface area contributed by atoms with Gasteiger partial charge < -0.3 is 4.74 Å². The van der Waals surface area contributed by atoms with Crippen molar-refractivity contribution in [2.75, 3.05) is 6.54 Å². The summed E-state index contributed by atoms with van der Waals surface area (Å²) in [6.07, 6.45) is 1.40. The second kappa shape index (κ2) is 9.12. The number of carbonyl (C=O) groups excluding carboxylic acids is 3. The van der Waals surface area contributed by atoms with Crippen LogP contribution in [0.4, 0.5) is 4.79 Å². The molecule has 144 valence electrons. The number of hydrogen-bond donors (Lipinski definition) is 0. The predicted octanol–water partition coefficient (Wildman–Crippen LogP) is 4.83. The number of carbonyl (C=O) groups is 3. The van der Waals surface area contributed by atoms with E-state index in [0.29, 0.717) is 4.91 Å². The molecule has 1 aliphatic heterocycles. The minimum Gasteiger partial charge on any atom is -0.462 e. The van der Waals surface area contributed by atoms with E-state index in [4.69, 9.17) is 4.74 Å². The number of thioether (sulfide) groups is 1. The molecule has 0 spiro atoms. The third-order valence-corrected chi connectivity index (χ3v) is 5.71. The zero-order valence-corrected chi connectivity index (χ0v) is 17.1. The predicted molar refractivity (Wildman–Crippen MR) is 111 cm³/mol. The first kappa shape index (κ1) is 20.2. The highest BCUT2D eigenvalue weighted by molar-refractivity contribution is 8.18. The third kappa shape index (κ3) is 5.05. The van der Waals surface area contributed by atoms with Crippen LogP contribution in [0.3, 0.4) is 0 Å². The van der Waals surface area contributed by atoms with Crippen LogP contribution in [0.2, 0.25) is 0 Å². The van der Waals surface area contributed by atoms with Gasteiger partial charge in [-0.1, -0.05) is 48.2 Å². The van der Waals surface area contributed by atoms with Crippen molar-refractivity contribution in [3.8, 4) is 0 Å². The molecule has 0 bridgehead atoms. The molecule has 2 amide bonds. The van der Waals surface area contributed by atoms with Crippen LogP contribution in [0.5, 0.6) is 0 Å². The zero-order valence-electron chi connectivity index (χ0n) is 15.5. The molecule has 1 heterocycles. The molecule has 3 rings (SSSR count). The third-order valence-electron chi connectivity index (χ3n) is 3.70. The van der Waals surface area contributed by atoms with Gasteiger partial charge in [-0.3, -0.25) is 19.3 Å². The molecule has 28 heavy (non-hydrogen) atoms. The molecule has 0 radical (unpaired) electrons. The molecule has 2 aromatic carbocycles. The van der Waals surface area contributed by atoms with Gasteiger partial charge in [-0.2, -0.15) is 0 Å². The highest BCUT2D eigenvalue weighted by atomic mass is 32.2. The van der Waals surface area contributed by atoms with Gasteiger partial charge in [0, 0.05) is 9.79 Å². The van der Waals surface area contributed by atoms with E-state index in [2.05, 4.69) is 0 Å². The van der Waals surface area contributed by atoms with E-state index in [1.165, 1.54) is 0 Å². The number of hydrogen-bond acceptors (Lipinski definition) is 6. The normalized spacial score (nSPS) is 15.5. The lowest BCUT2D eigenvalue weighted by Gasteiger charge is -2.13. The summed E-state index contributed by atoms with van der Waals surface area (Å²) >= 11 is 2.41. The van der Waals surface area contributed by atoms with Crippen molar-refractivity contribution >= 4 is 46.7 Å². The number of benzene rings is 2. The van der Waals surface area contributed by atoms with Crippen LogP contribution in [0.1, 0.15) is 19.4 Å². The van der Waals surface area contributed by atoms with Crippen LogP contribution < -0.4 is 0 Å². The molecule has 0 unspecified atom stereocenters. The Kier molecular flexibility index (Phi) is 6.59. The molecule has 5 nitrogen and oxygen atoms in total. The molecule has 7 heteroatoms. The number of esters is 1. The van der Waals surface area contributed by atoms with Crippen molar-refractivity contribution in [2.45, 2.75) is 29.7 Å². The summed E-state index contributed by atoms with van der Waals surface area (Å²) in [5.74, 6) is -1.08. The van der Waals surface area contributed by atoms with Gasteiger partial charge in [0.1, 0.15) is 6.54 Å². The van der Waals surface area contributed by atoms with E-state index in [0.717, 1.165) is 32.0 Å². The maximum atomic E-state index is 12.6. The molecule has 1 aliphatic rings. The summed E-state index contributed by atoms with van der Waals surface area (Å²) in [5, 5.41) is -0.467. The number of nitrogens with zero attached hydrogens (tertiary/aromatic N) is 1. The topological polar surface area (TPSA) is 63.7 Å². The zero-order chi connectivity index (χ0) is 20.1. The minimum absolute atomic E-state index is 0.295. The molecule has 0 atom stereocenters. The second-order valence-corrected chi connectivity index (χ2v) is 8.37. The molecule has 2 aromatic rings. The largest absolute Gasteiger partial charge is 0.462 e. The maximum absolute atomic E-state index is 12.6. The lowest BCUT2D eigenvalue weighted by Crippen LogP contribution is -2.35. The van der Waals surface area contributed by atoms with E-state index in [9.17, 15) is 14.4 Å². The number of imide groups is 1. The Morgan fingerprint density at radius 1 is 1.11 bits per heavy atom. The van der Waals surface area contributed by atoms with Crippen molar-refractivity contribution in [1.29, 1.82) is 0 Å². The van der Waals surface area contributed by atoms with Gasteiger partial charge in [-0.15, -0.1) is 0 Å². The van der Waals surface area contributed by atoms with Crippen LogP contribution in [0, 0.1) is 0 Å². The van der Waals surface area contributed by atoms with Crippen molar-refractivity contribution in [3.63, 3.8) is 0 Å². The molecular weight excluding hydrogens is 394 g/mol. The highest BCUT2D eigenvalue weighted by Crippen LogP contribution is 2.36. The van der Waals surface area contributed by atoms with Crippen molar-refractivity contribution in [1.82, 2.24) is 4.90 Å². The number of ether oxygens (including phenoxy) is 1. The van der Waals surface area contributed by atoms with Crippen LogP contribution in [0.25, 0.3) is 6.08 Å². The fraction of sp³-hybridized carbons (Fsp3) is 0.190. The monoisotopic (exact) mass is 413 g/mol. The van der Waals surface area contributed by atoms with Crippen LogP contribution in [0.15, 0.2) is 69.3 Å². The Labute approximate surface area is 172 Å². The van der Waals surface area contributed by atoms with E-state index in [-0.39, 0.29) is 12.6 Å². The first-order valence-corrected chi connectivity index (χ1v) is 10.3. The molecule has 0 N–H and O–H groups in total. The van der Waals surface area contributed by atoms with Gasteiger partial charge in [0.2, 0.25) is 0 Å². The fourth-order valence-corrected chi connectivity index (χ4v) is 4.28. The first-order chi connectivity index (χ1) is 13.4. The lowest BCUT2D eigenvalue weighted by atomic mass is 10.2. The minimum atomic E-state index is -0.599.